The van der Waals surface area contributed by atoms with Crippen LogP contribution in [0.4, 0.5) is 4.39 Å². The zero-order chi connectivity index (χ0) is 7.98. The Labute approximate surface area is 63.2 Å². The maximum Gasteiger partial charge on any atom is 0.150 e. The van der Waals surface area contributed by atoms with Crippen LogP contribution >= 0.6 is 0 Å². The lowest BCUT2D eigenvalue weighted by molar-refractivity contribution is 0.0981. The molecule has 0 saturated carbocycles. The minimum atomic E-state index is -0.778. The second-order valence-electron chi connectivity index (χ2n) is 2.61. The second-order valence-corrected chi connectivity index (χ2v) is 2.61. The third kappa shape index (κ3) is 3.83. The first kappa shape index (κ1) is 9.89. The molecule has 0 rings (SSSR count). The number of alkyl halides is 1. The van der Waals surface area contributed by atoms with Crippen LogP contribution in [0.15, 0.2) is 0 Å². The van der Waals surface area contributed by atoms with Gasteiger partial charge in [-0.25, -0.2) is 4.39 Å². The fraction of sp³-hybridized carbons (Fsp3) is 1.00. The molecule has 0 spiro atoms. The van der Waals surface area contributed by atoms with Crippen molar-refractivity contribution in [2.45, 2.75) is 39.9 Å². The maximum atomic E-state index is 12.7. The van der Waals surface area contributed by atoms with Crippen molar-refractivity contribution < 1.29 is 4.39 Å². The molecule has 0 aliphatic carbocycles. The predicted molar refractivity (Wildman–Crippen MR) is 42.7 cm³/mol. The summed E-state index contributed by atoms with van der Waals surface area (Å²) in [4.78, 5) is 1.86. The normalized spacial score (nSPS) is 14.1. The van der Waals surface area contributed by atoms with E-state index < -0.39 is 6.30 Å². The predicted octanol–water partition coefficient (Wildman–Crippen LogP) is 2.42. The van der Waals surface area contributed by atoms with Crippen molar-refractivity contribution in [1.82, 2.24) is 4.90 Å². The fourth-order valence-corrected chi connectivity index (χ4v) is 1.04. The molecule has 1 atom stereocenters. The van der Waals surface area contributed by atoms with Gasteiger partial charge in [0.2, 0.25) is 0 Å². The van der Waals surface area contributed by atoms with Gasteiger partial charge in [0.25, 0.3) is 0 Å². The van der Waals surface area contributed by atoms with Crippen LogP contribution in [0.25, 0.3) is 0 Å². The Morgan fingerprint density at radius 2 is 1.60 bits per heavy atom. The minimum absolute atomic E-state index is 0.778. The van der Waals surface area contributed by atoms with Crippen LogP contribution in [0.5, 0.6) is 0 Å². The Morgan fingerprint density at radius 1 is 1.20 bits per heavy atom. The van der Waals surface area contributed by atoms with Crippen molar-refractivity contribution in [1.29, 1.82) is 0 Å². The van der Waals surface area contributed by atoms with E-state index in [0.717, 1.165) is 25.9 Å². The summed E-state index contributed by atoms with van der Waals surface area (Å²) < 4.78 is 12.7. The Bertz CT molecular complexity index is 67.7. The van der Waals surface area contributed by atoms with Gasteiger partial charge in [-0.15, -0.1) is 0 Å². The van der Waals surface area contributed by atoms with Gasteiger partial charge in [0, 0.05) is 13.1 Å². The lowest BCUT2D eigenvalue weighted by atomic mass is 10.3. The summed E-state index contributed by atoms with van der Waals surface area (Å²) in [6.07, 6.45) is 1.29. The van der Waals surface area contributed by atoms with Gasteiger partial charge in [0.05, 0.1) is 0 Å². The SMILES string of the molecule is CCCN(CCC)[C@H](C)F. The molecule has 0 radical (unpaired) electrons. The van der Waals surface area contributed by atoms with Gasteiger partial charge in [0.15, 0.2) is 6.30 Å². The highest BCUT2D eigenvalue weighted by Gasteiger charge is 2.08. The van der Waals surface area contributed by atoms with Crippen molar-refractivity contribution in [3.63, 3.8) is 0 Å². The molecule has 0 aromatic rings. The number of hydrogen-bond donors (Lipinski definition) is 0. The summed E-state index contributed by atoms with van der Waals surface area (Å²) in [5.74, 6) is 0. The average Bonchev–Trinajstić information content (AvgIpc) is 1.87. The van der Waals surface area contributed by atoms with Crippen LogP contribution in [0.2, 0.25) is 0 Å². The van der Waals surface area contributed by atoms with Gasteiger partial charge in [-0.2, -0.15) is 0 Å². The van der Waals surface area contributed by atoms with Crippen LogP contribution < -0.4 is 0 Å². The number of hydrogen-bond acceptors (Lipinski definition) is 1. The first-order valence-corrected chi connectivity index (χ1v) is 4.10. The van der Waals surface area contributed by atoms with Crippen molar-refractivity contribution in [3.8, 4) is 0 Å². The van der Waals surface area contributed by atoms with E-state index in [2.05, 4.69) is 13.8 Å². The molecule has 0 aromatic heterocycles. The van der Waals surface area contributed by atoms with Gasteiger partial charge in [-0.05, 0) is 19.8 Å². The van der Waals surface area contributed by atoms with E-state index in [1.807, 2.05) is 4.90 Å². The first-order chi connectivity index (χ1) is 4.72. The standard InChI is InChI=1S/C8H18FN/c1-4-6-10(7-5-2)8(3)9/h8H,4-7H2,1-3H3/t8-/m1/s1. The monoisotopic (exact) mass is 147 g/mol. The minimum Gasteiger partial charge on any atom is -0.274 e. The van der Waals surface area contributed by atoms with E-state index in [-0.39, 0.29) is 0 Å². The Balaban J connectivity index is 3.50. The summed E-state index contributed by atoms with van der Waals surface area (Å²) >= 11 is 0. The van der Waals surface area contributed by atoms with Crippen LogP contribution in [-0.2, 0) is 0 Å². The zero-order valence-electron chi connectivity index (χ0n) is 7.23. The van der Waals surface area contributed by atoms with Gasteiger partial charge in [0.1, 0.15) is 0 Å². The molecule has 0 aliphatic rings. The van der Waals surface area contributed by atoms with E-state index in [9.17, 15) is 4.39 Å². The molecule has 1 nitrogen and oxygen atoms in total. The summed E-state index contributed by atoms with van der Waals surface area (Å²) in [7, 11) is 0. The molecule has 0 unspecified atom stereocenters. The fourth-order valence-electron chi connectivity index (χ4n) is 1.04. The summed E-state index contributed by atoms with van der Waals surface area (Å²) in [5, 5.41) is 0. The molecule has 10 heavy (non-hydrogen) atoms. The summed E-state index contributed by atoms with van der Waals surface area (Å²) in [6, 6.07) is 0. The van der Waals surface area contributed by atoms with E-state index >= 15 is 0 Å². The molecule has 0 fully saturated rings. The molecule has 0 bridgehead atoms. The van der Waals surface area contributed by atoms with E-state index in [0.29, 0.717) is 0 Å². The van der Waals surface area contributed by atoms with Crippen LogP contribution in [0, 0.1) is 0 Å². The van der Waals surface area contributed by atoms with Crippen molar-refractivity contribution in [2.24, 2.45) is 0 Å². The molecule has 0 aliphatic heterocycles. The highest BCUT2D eigenvalue weighted by Crippen LogP contribution is 2.01. The van der Waals surface area contributed by atoms with Crippen molar-refractivity contribution in [2.75, 3.05) is 13.1 Å². The average molecular weight is 147 g/mol. The largest absolute Gasteiger partial charge is 0.274 e. The van der Waals surface area contributed by atoms with Gasteiger partial charge in [-0.1, -0.05) is 13.8 Å². The third-order valence-corrected chi connectivity index (χ3v) is 1.52. The highest BCUT2D eigenvalue weighted by atomic mass is 19.1. The summed E-state index contributed by atoms with van der Waals surface area (Å²) in [5.41, 5.74) is 0. The van der Waals surface area contributed by atoms with Crippen LogP contribution in [-0.4, -0.2) is 24.3 Å². The molecule has 62 valence electrons. The number of rotatable bonds is 5. The Kier molecular flexibility index (Phi) is 5.60. The molecule has 0 amide bonds. The number of nitrogens with zero attached hydrogens (tertiary/aromatic N) is 1. The zero-order valence-corrected chi connectivity index (χ0v) is 7.23. The molecular weight excluding hydrogens is 129 g/mol. The van der Waals surface area contributed by atoms with E-state index in [1.54, 1.807) is 6.92 Å². The smallest absolute Gasteiger partial charge is 0.150 e. The molecule has 0 saturated heterocycles. The second kappa shape index (κ2) is 5.66. The van der Waals surface area contributed by atoms with Crippen molar-refractivity contribution >= 4 is 0 Å². The van der Waals surface area contributed by atoms with Gasteiger partial charge in [-0.3, -0.25) is 4.90 Å². The lowest BCUT2D eigenvalue weighted by Crippen LogP contribution is -2.31. The first-order valence-electron chi connectivity index (χ1n) is 4.10. The highest BCUT2D eigenvalue weighted by molar-refractivity contribution is 4.55. The van der Waals surface area contributed by atoms with Gasteiger partial charge >= 0.3 is 0 Å². The quantitative estimate of drug-likeness (QED) is 0.540. The van der Waals surface area contributed by atoms with E-state index in [4.69, 9.17) is 0 Å². The summed E-state index contributed by atoms with van der Waals surface area (Å²) in [6.45, 7) is 7.51. The molecule has 0 aromatic carbocycles. The van der Waals surface area contributed by atoms with Gasteiger partial charge < -0.3 is 0 Å². The molecular formula is C8H18FN. The Morgan fingerprint density at radius 3 is 1.80 bits per heavy atom. The van der Waals surface area contributed by atoms with E-state index in [1.165, 1.54) is 0 Å². The maximum absolute atomic E-state index is 12.7. The topological polar surface area (TPSA) is 3.24 Å². The molecule has 0 N–H and O–H groups in total. The lowest BCUT2D eigenvalue weighted by Gasteiger charge is -2.21. The Hall–Kier alpha value is -0.110. The van der Waals surface area contributed by atoms with Crippen molar-refractivity contribution in [3.05, 3.63) is 0 Å². The van der Waals surface area contributed by atoms with Crippen LogP contribution in [0.3, 0.4) is 0 Å². The molecule has 2 heteroatoms. The number of halogens is 1. The van der Waals surface area contributed by atoms with Crippen LogP contribution in [0.1, 0.15) is 33.6 Å². The third-order valence-electron chi connectivity index (χ3n) is 1.52. The molecule has 0 heterocycles.